The molecule has 2 aromatic rings. The number of fused-ring (bicyclic) bond motifs is 1. The Kier molecular flexibility index (Phi) is 3.72. The summed E-state index contributed by atoms with van der Waals surface area (Å²) >= 11 is 0. The fourth-order valence-electron chi connectivity index (χ4n) is 3.64. The van der Waals surface area contributed by atoms with Gasteiger partial charge in [0.25, 0.3) is 0 Å². The minimum Gasteiger partial charge on any atom is -0.273 e. The molecular formula is C20H21N5O. The number of anilines is 1. The number of rotatable bonds is 2. The summed E-state index contributed by atoms with van der Waals surface area (Å²) in [5.41, 5.74) is 3.93. The molecule has 4 rings (SSSR count). The van der Waals surface area contributed by atoms with Crippen LogP contribution in [0.3, 0.4) is 0 Å². The van der Waals surface area contributed by atoms with E-state index in [1.165, 1.54) is 0 Å². The van der Waals surface area contributed by atoms with Gasteiger partial charge in [0.05, 0.1) is 34.9 Å². The van der Waals surface area contributed by atoms with E-state index < -0.39 is 5.41 Å². The van der Waals surface area contributed by atoms with Gasteiger partial charge in [-0.2, -0.15) is 0 Å². The molecule has 1 aliphatic carbocycles. The van der Waals surface area contributed by atoms with Crippen LogP contribution in [0.15, 0.2) is 42.6 Å². The topological polar surface area (TPSA) is 71.9 Å². The number of carbonyl (C=O) groups excluding carboxylic acids is 1. The molecule has 0 saturated carbocycles. The second kappa shape index (κ2) is 5.83. The summed E-state index contributed by atoms with van der Waals surface area (Å²) in [5, 5.41) is 0. The highest BCUT2D eigenvalue weighted by molar-refractivity contribution is 6.04. The zero-order valence-corrected chi connectivity index (χ0v) is 15.4. The molecule has 0 radical (unpaired) electrons. The van der Waals surface area contributed by atoms with Gasteiger partial charge in [0.1, 0.15) is 0 Å². The summed E-state index contributed by atoms with van der Waals surface area (Å²) in [7, 11) is 0. The number of nitrogens with zero attached hydrogens (tertiary/aromatic N) is 5. The molecule has 0 N–H and O–H groups in total. The Balaban J connectivity index is 1.81. The van der Waals surface area contributed by atoms with Gasteiger partial charge in [-0.15, -0.1) is 0 Å². The van der Waals surface area contributed by atoms with Crippen molar-refractivity contribution < 1.29 is 4.79 Å². The van der Waals surface area contributed by atoms with E-state index in [1.54, 1.807) is 29.7 Å². The molecule has 132 valence electrons. The predicted molar refractivity (Wildman–Crippen MR) is 99.0 cm³/mol. The molecule has 1 atom stereocenters. The molecule has 1 fully saturated rings. The SMILES string of the molecule is Cc1cnc(C2=CCC3C(=C2)N(c2cncc(C)n2)C(=O)C3(C)C)cn1. The molecule has 26 heavy (non-hydrogen) atoms. The Hall–Kier alpha value is -2.89. The molecule has 6 nitrogen and oxygen atoms in total. The van der Waals surface area contributed by atoms with Gasteiger partial charge in [0.2, 0.25) is 5.91 Å². The Bertz CT molecular complexity index is 943. The first-order valence-electron chi connectivity index (χ1n) is 8.72. The number of amides is 1. The van der Waals surface area contributed by atoms with Crippen LogP contribution in [0.25, 0.3) is 5.57 Å². The maximum Gasteiger partial charge on any atom is 0.238 e. The standard InChI is InChI=1S/C20H21N5O/c1-12-9-23-16(10-22-12)14-5-6-15-17(7-14)25(19(26)20(15,3)4)18-11-21-8-13(2)24-18/h5,7-11,15H,6H2,1-4H3. The Morgan fingerprint density at radius 2 is 1.88 bits per heavy atom. The zero-order chi connectivity index (χ0) is 18.5. The normalized spacial score (nSPS) is 21.3. The van der Waals surface area contributed by atoms with E-state index >= 15 is 0 Å². The third-order valence-corrected chi connectivity index (χ3v) is 5.17. The van der Waals surface area contributed by atoms with Gasteiger partial charge < -0.3 is 0 Å². The van der Waals surface area contributed by atoms with Crippen LogP contribution in [-0.2, 0) is 4.79 Å². The summed E-state index contributed by atoms with van der Waals surface area (Å²) in [6.07, 6.45) is 11.8. The van der Waals surface area contributed by atoms with Gasteiger partial charge in [-0.3, -0.25) is 24.6 Å². The van der Waals surface area contributed by atoms with Gasteiger partial charge in [-0.1, -0.05) is 19.9 Å². The van der Waals surface area contributed by atoms with Crippen LogP contribution in [-0.4, -0.2) is 25.8 Å². The average Bonchev–Trinajstić information content (AvgIpc) is 2.81. The van der Waals surface area contributed by atoms with E-state index in [2.05, 4.69) is 26.0 Å². The first-order chi connectivity index (χ1) is 12.4. The maximum absolute atomic E-state index is 13.2. The van der Waals surface area contributed by atoms with Crippen molar-refractivity contribution in [2.75, 3.05) is 4.90 Å². The molecule has 1 amide bonds. The van der Waals surface area contributed by atoms with Gasteiger partial charge >= 0.3 is 0 Å². The molecular weight excluding hydrogens is 326 g/mol. The van der Waals surface area contributed by atoms with Crippen molar-refractivity contribution in [1.29, 1.82) is 0 Å². The summed E-state index contributed by atoms with van der Waals surface area (Å²) in [4.78, 5) is 32.4. The fraction of sp³-hybridized carbons (Fsp3) is 0.350. The van der Waals surface area contributed by atoms with Gasteiger partial charge in [0, 0.05) is 24.0 Å². The monoisotopic (exact) mass is 347 g/mol. The van der Waals surface area contributed by atoms with Crippen LogP contribution in [0.2, 0.25) is 0 Å². The van der Waals surface area contributed by atoms with Crippen molar-refractivity contribution >= 4 is 17.3 Å². The quantitative estimate of drug-likeness (QED) is 0.834. The highest BCUT2D eigenvalue weighted by atomic mass is 16.2. The molecule has 0 bridgehead atoms. The first-order valence-corrected chi connectivity index (χ1v) is 8.72. The van der Waals surface area contributed by atoms with Crippen molar-refractivity contribution in [3.8, 4) is 0 Å². The summed E-state index contributed by atoms with van der Waals surface area (Å²) in [5.74, 6) is 0.742. The van der Waals surface area contributed by atoms with Gasteiger partial charge in [-0.05, 0) is 31.9 Å². The fourth-order valence-corrected chi connectivity index (χ4v) is 3.64. The molecule has 2 aliphatic rings. The number of carbonyl (C=O) groups is 1. The first kappa shape index (κ1) is 16.6. The van der Waals surface area contributed by atoms with Crippen molar-refractivity contribution in [3.05, 3.63) is 59.7 Å². The Morgan fingerprint density at radius 3 is 2.58 bits per heavy atom. The van der Waals surface area contributed by atoms with Gasteiger partial charge in [-0.25, -0.2) is 4.98 Å². The van der Waals surface area contributed by atoms with Crippen LogP contribution in [0, 0.1) is 25.2 Å². The van der Waals surface area contributed by atoms with Crippen LogP contribution in [0.1, 0.15) is 37.4 Å². The van der Waals surface area contributed by atoms with Crippen molar-refractivity contribution in [2.24, 2.45) is 11.3 Å². The second-order valence-electron chi connectivity index (χ2n) is 7.44. The molecule has 3 heterocycles. The zero-order valence-electron chi connectivity index (χ0n) is 15.4. The van der Waals surface area contributed by atoms with Crippen molar-refractivity contribution in [3.63, 3.8) is 0 Å². The lowest BCUT2D eigenvalue weighted by Gasteiger charge is -2.25. The lowest BCUT2D eigenvalue weighted by Crippen LogP contribution is -2.32. The second-order valence-corrected chi connectivity index (χ2v) is 7.44. The van der Waals surface area contributed by atoms with Crippen molar-refractivity contribution in [2.45, 2.75) is 34.1 Å². The highest BCUT2D eigenvalue weighted by Crippen LogP contribution is 2.49. The van der Waals surface area contributed by atoms with E-state index in [0.717, 1.165) is 34.8 Å². The summed E-state index contributed by atoms with van der Waals surface area (Å²) < 4.78 is 0. The van der Waals surface area contributed by atoms with Crippen molar-refractivity contribution in [1.82, 2.24) is 19.9 Å². The molecule has 0 spiro atoms. The molecule has 1 saturated heterocycles. The molecule has 1 aliphatic heterocycles. The number of aromatic nitrogens is 4. The average molecular weight is 347 g/mol. The third kappa shape index (κ3) is 2.53. The van der Waals surface area contributed by atoms with Crippen LogP contribution in [0.5, 0.6) is 0 Å². The summed E-state index contributed by atoms with van der Waals surface area (Å²) in [6, 6.07) is 0. The maximum atomic E-state index is 13.2. The van der Waals surface area contributed by atoms with E-state index in [-0.39, 0.29) is 11.8 Å². The Morgan fingerprint density at radius 1 is 1.08 bits per heavy atom. The molecule has 2 aromatic heterocycles. The summed E-state index contributed by atoms with van der Waals surface area (Å²) in [6.45, 7) is 7.79. The van der Waals surface area contributed by atoms with E-state index in [9.17, 15) is 4.79 Å². The Labute approximate surface area is 152 Å². The lowest BCUT2D eigenvalue weighted by molar-refractivity contribution is -0.125. The van der Waals surface area contributed by atoms with E-state index in [4.69, 9.17) is 0 Å². The largest absolute Gasteiger partial charge is 0.273 e. The predicted octanol–water partition coefficient (Wildman–Crippen LogP) is 3.24. The number of hydrogen-bond acceptors (Lipinski definition) is 5. The van der Waals surface area contributed by atoms with Crippen LogP contribution < -0.4 is 4.90 Å². The van der Waals surface area contributed by atoms with Crippen LogP contribution >= 0.6 is 0 Å². The van der Waals surface area contributed by atoms with E-state index in [1.807, 2.05) is 33.8 Å². The molecule has 0 aromatic carbocycles. The minimum absolute atomic E-state index is 0.0540. The minimum atomic E-state index is -0.488. The van der Waals surface area contributed by atoms with Gasteiger partial charge in [0.15, 0.2) is 5.82 Å². The van der Waals surface area contributed by atoms with E-state index in [0.29, 0.717) is 5.82 Å². The molecule has 1 unspecified atom stereocenters. The third-order valence-electron chi connectivity index (χ3n) is 5.17. The number of allylic oxidation sites excluding steroid dienone is 4. The highest BCUT2D eigenvalue weighted by Gasteiger charge is 2.52. The smallest absolute Gasteiger partial charge is 0.238 e. The molecule has 6 heteroatoms. The van der Waals surface area contributed by atoms with Crippen LogP contribution in [0.4, 0.5) is 5.82 Å². The lowest BCUT2D eigenvalue weighted by atomic mass is 9.76. The number of hydrogen-bond donors (Lipinski definition) is 0. The number of aryl methyl sites for hydroxylation is 2.